The average molecular weight is 293 g/mol. The van der Waals surface area contributed by atoms with Gasteiger partial charge >= 0.3 is 0 Å². The third-order valence-electron chi connectivity index (χ3n) is 3.77. The minimum Gasteiger partial charge on any atom is -0.496 e. The highest BCUT2D eigenvalue weighted by Crippen LogP contribution is 2.21. The molecule has 1 aromatic rings. The molecule has 0 atom stereocenters. The van der Waals surface area contributed by atoms with Gasteiger partial charge in [-0.25, -0.2) is 0 Å². The number of ether oxygens (including phenoxy) is 2. The van der Waals surface area contributed by atoms with E-state index in [1.165, 1.54) is 11.1 Å². The molecule has 21 heavy (non-hydrogen) atoms. The molecule has 0 unspecified atom stereocenters. The van der Waals surface area contributed by atoms with E-state index in [-0.39, 0.29) is 0 Å². The van der Waals surface area contributed by atoms with E-state index in [1.807, 2.05) is 0 Å². The first-order chi connectivity index (χ1) is 10.3. The minimum atomic E-state index is 0.726. The fourth-order valence-corrected chi connectivity index (χ4v) is 2.56. The fraction of sp³-hybridized carbons (Fsp3) is 0.625. The zero-order valence-corrected chi connectivity index (χ0v) is 13.2. The van der Waals surface area contributed by atoms with Crippen LogP contribution in [0.4, 0.5) is 0 Å². The van der Waals surface area contributed by atoms with Crippen molar-refractivity contribution in [3.63, 3.8) is 0 Å². The van der Waals surface area contributed by atoms with E-state index in [0.29, 0.717) is 0 Å². The quantitative estimate of drug-likeness (QED) is 0.696. The van der Waals surface area contributed by atoms with Crippen LogP contribution in [-0.2, 0) is 17.8 Å². The topological polar surface area (TPSA) is 45.8 Å². The second-order valence-corrected chi connectivity index (χ2v) is 5.34. The summed E-state index contributed by atoms with van der Waals surface area (Å²) in [4.78, 5) is 2.47. The largest absolute Gasteiger partial charge is 0.496 e. The number of nitrogens with one attached hydrogen (secondary N) is 2. The number of hydrogen-bond acceptors (Lipinski definition) is 5. The molecule has 0 aromatic heterocycles. The van der Waals surface area contributed by atoms with Crippen LogP contribution in [0.1, 0.15) is 11.1 Å². The smallest absolute Gasteiger partial charge is 0.123 e. The van der Waals surface area contributed by atoms with Gasteiger partial charge in [-0.05, 0) is 11.6 Å². The van der Waals surface area contributed by atoms with Crippen LogP contribution in [-0.4, -0.2) is 58.5 Å². The van der Waals surface area contributed by atoms with Crippen LogP contribution >= 0.6 is 0 Å². The van der Waals surface area contributed by atoms with Crippen LogP contribution in [0, 0.1) is 0 Å². The van der Waals surface area contributed by atoms with Crippen molar-refractivity contribution in [3.05, 3.63) is 29.3 Å². The van der Waals surface area contributed by atoms with Crippen molar-refractivity contribution in [1.29, 1.82) is 0 Å². The maximum Gasteiger partial charge on any atom is 0.123 e. The Morgan fingerprint density at radius 3 is 2.76 bits per heavy atom. The van der Waals surface area contributed by atoms with Gasteiger partial charge in [0, 0.05) is 58.5 Å². The Morgan fingerprint density at radius 2 is 2.05 bits per heavy atom. The first-order valence-corrected chi connectivity index (χ1v) is 7.62. The Balaban J connectivity index is 1.91. The fourth-order valence-electron chi connectivity index (χ4n) is 2.56. The maximum atomic E-state index is 5.53. The van der Waals surface area contributed by atoms with Crippen LogP contribution in [0.25, 0.3) is 0 Å². The maximum absolute atomic E-state index is 5.53. The molecule has 5 heteroatoms. The molecule has 2 rings (SSSR count). The molecule has 2 N–H and O–H groups in total. The third kappa shape index (κ3) is 5.28. The van der Waals surface area contributed by atoms with Gasteiger partial charge in [-0.3, -0.25) is 4.90 Å². The number of piperazine rings is 1. The summed E-state index contributed by atoms with van der Waals surface area (Å²) >= 11 is 0. The lowest BCUT2D eigenvalue weighted by atomic mass is 10.1. The molecule has 0 aliphatic carbocycles. The molecule has 1 aliphatic heterocycles. The zero-order valence-electron chi connectivity index (χ0n) is 13.2. The van der Waals surface area contributed by atoms with Crippen molar-refractivity contribution in [2.75, 3.05) is 53.6 Å². The second-order valence-electron chi connectivity index (χ2n) is 5.34. The van der Waals surface area contributed by atoms with Gasteiger partial charge < -0.3 is 20.1 Å². The molecule has 1 saturated heterocycles. The second kappa shape index (κ2) is 9.00. The molecule has 1 aromatic carbocycles. The summed E-state index contributed by atoms with van der Waals surface area (Å²) in [5.41, 5.74) is 2.51. The molecule has 0 bridgehead atoms. The van der Waals surface area contributed by atoms with Crippen LogP contribution in [0.3, 0.4) is 0 Å². The predicted octanol–water partition coefficient (Wildman–Crippen LogP) is 0.836. The van der Waals surface area contributed by atoms with Crippen molar-refractivity contribution in [3.8, 4) is 5.75 Å². The van der Waals surface area contributed by atoms with Crippen molar-refractivity contribution in [1.82, 2.24) is 15.5 Å². The minimum absolute atomic E-state index is 0.726. The van der Waals surface area contributed by atoms with E-state index in [9.17, 15) is 0 Å². The molecule has 1 aliphatic rings. The highest BCUT2D eigenvalue weighted by atomic mass is 16.5. The normalized spacial score (nSPS) is 16.1. The molecular weight excluding hydrogens is 266 g/mol. The molecule has 0 spiro atoms. The van der Waals surface area contributed by atoms with Gasteiger partial charge in [-0.2, -0.15) is 0 Å². The summed E-state index contributed by atoms with van der Waals surface area (Å²) in [5, 5.41) is 6.74. The highest BCUT2D eigenvalue weighted by molar-refractivity contribution is 5.37. The molecule has 0 amide bonds. The van der Waals surface area contributed by atoms with Gasteiger partial charge in [-0.1, -0.05) is 12.1 Å². The van der Waals surface area contributed by atoms with Gasteiger partial charge in [0.25, 0.3) is 0 Å². The van der Waals surface area contributed by atoms with Gasteiger partial charge in [0.05, 0.1) is 13.7 Å². The molecular formula is C16H27N3O2. The molecule has 118 valence electrons. The number of hydrogen-bond donors (Lipinski definition) is 2. The van der Waals surface area contributed by atoms with Crippen LogP contribution in [0.15, 0.2) is 18.2 Å². The van der Waals surface area contributed by atoms with Crippen LogP contribution in [0.5, 0.6) is 5.75 Å². The molecule has 5 nitrogen and oxygen atoms in total. The lowest BCUT2D eigenvalue weighted by Crippen LogP contribution is -2.42. The summed E-state index contributed by atoms with van der Waals surface area (Å²) in [5.74, 6) is 0.965. The van der Waals surface area contributed by atoms with Crippen LogP contribution < -0.4 is 15.4 Å². The predicted molar refractivity (Wildman–Crippen MR) is 84.7 cm³/mol. The monoisotopic (exact) mass is 293 g/mol. The lowest BCUT2D eigenvalue weighted by molar-refractivity contribution is 0.199. The summed E-state index contributed by atoms with van der Waals surface area (Å²) in [6.45, 7) is 7.77. The Labute approximate surface area is 127 Å². The molecule has 0 radical (unpaired) electrons. The number of nitrogens with zero attached hydrogens (tertiary/aromatic N) is 1. The van der Waals surface area contributed by atoms with Crippen molar-refractivity contribution < 1.29 is 9.47 Å². The summed E-state index contributed by atoms with van der Waals surface area (Å²) < 4.78 is 10.6. The SMILES string of the molecule is COCCNCc1ccc(CN2CCNCC2)cc1OC. The van der Waals surface area contributed by atoms with E-state index in [2.05, 4.69) is 33.7 Å². The van der Waals surface area contributed by atoms with Crippen molar-refractivity contribution >= 4 is 0 Å². The van der Waals surface area contributed by atoms with Crippen LogP contribution in [0.2, 0.25) is 0 Å². The Bertz CT molecular complexity index is 420. The van der Waals surface area contributed by atoms with Crippen molar-refractivity contribution in [2.45, 2.75) is 13.1 Å². The van der Waals surface area contributed by atoms with E-state index in [1.54, 1.807) is 14.2 Å². The van der Waals surface area contributed by atoms with Gasteiger partial charge in [-0.15, -0.1) is 0 Å². The standard InChI is InChI=1S/C16H27N3O2/c1-20-10-7-18-12-15-4-3-14(11-16(15)21-2)13-19-8-5-17-6-9-19/h3-4,11,17-18H,5-10,12-13H2,1-2H3. The van der Waals surface area contributed by atoms with E-state index >= 15 is 0 Å². The summed E-state index contributed by atoms with van der Waals surface area (Å²) in [6.07, 6.45) is 0. The first-order valence-electron chi connectivity index (χ1n) is 7.62. The van der Waals surface area contributed by atoms with Gasteiger partial charge in [0.15, 0.2) is 0 Å². The van der Waals surface area contributed by atoms with Gasteiger partial charge in [0.1, 0.15) is 5.75 Å². The van der Waals surface area contributed by atoms with Crippen molar-refractivity contribution in [2.24, 2.45) is 0 Å². The lowest BCUT2D eigenvalue weighted by Gasteiger charge is -2.27. The average Bonchev–Trinajstić information content (AvgIpc) is 2.53. The van der Waals surface area contributed by atoms with E-state index in [4.69, 9.17) is 9.47 Å². The Hall–Kier alpha value is -1.14. The molecule has 0 saturated carbocycles. The summed E-state index contributed by atoms with van der Waals surface area (Å²) in [7, 11) is 3.45. The highest BCUT2D eigenvalue weighted by Gasteiger charge is 2.11. The zero-order chi connectivity index (χ0) is 14.9. The molecule has 1 fully saturated rings. The first kappa shape index (κ1) is 16.2. The van der Waals surface area contributed by atoms with Gasteiger partial charge in [0.2, 0.25) is 0 Å². The number of rotatable bonds is 8. The number of benzene rings is 1. The summed E-state index contributed by atoms with van der Waals surface area (Å²) in [6, 6.07) is 6.53. The van der Waals surface area contributed by atoms with E-state index in [0.717, 1.165) is 58.2 Å². The molecule has 1 heterocycles. The number of methoxy groups -OCH3 is 2. The Morgan fingerprint density at radius 1 is 1.24 bits per heavy atom. The Kier molecular flexibility index (Phi) is 6.95. The van der Waals surface area contributed by atoms with E-state index < -0.39 is 0 Å². The third-order valence-corrected chi connectivity index (χ3v) is 3.77.